The number of fused-ring (bicyclic) bond motifs is 10. The van der Waals surface area contributed by atoms with Gasteiger partial charge in [-0.3, -0.25) is 9.11 Å². The van der Waals surface area contributed by atoms with Gasteiger partial charge < -0.3 is 14.2 Å². The van der Waals surface area contributed by atoms with Crippen LogP contribution in [0.25, 0.3) is 0 Å². The molecule has 2 bridgehead atoms. The van der Waals surface area contributed by atoms with Gasteiger partial charge in [-0.2, -0.15) is 16.8 Å². The molecule has 2 heterocycles. The highest BCUT2D eigenvalue weighted by Crippen LogP contribution is 2.73. The molecule has 13 heteroatoms. The van der Waals surface area contributed by atoms with Crippen LogP contribution in [-0.2, 0) is 43.4 Å². The van der Waals surface area contributed by atoms with E-state index in [-0.39, 0.29) is 59.0 Å². The maximum absolute atomic E-state index is 11.9. The van der Waals surface area contributed by atoms with Crippen molar-refractivity contribution in [2.24, 2.45) is 57.7 Å². The SMILES string of the molecule is CCC[C@@]12O[C@H]3C[C@H]4[C@@H]5CC[C@H]6C[C@H](OS(=O)(=O)O)[C@@H](OS(=O)(=O)O)C[C@]6(C)[C@H]5CC[C@]4(C)[C@H]3[C@@](C)(O1)[C@@H](C[C@@]1(C(C)C)C[C@@H]1C)O2. The first-order valence-corrected chi connectivity index (χ1v) is 20.8. The van der Waals surface area contributed by atoms with Crippen LogP contribution in [-0.4, -0.2) is 61.9 Å². The van der Waals surface area contributed by atoms with E-state index in [9.17, 15) is 25.9 Å². The third kappa shape index (κ3) is 5.50. The van der Waals surface area contributed by atoms with Crippen molar-refractivity contribution in [3.05, 3.63) is 0 Å². The Morgan fingerprint density at radius 1 is 0.872 bits per heavy atom. The van der Waals surface area contributed by atoms with Crippen LogP contribution in [0.4, 0.5) is 0 Å². The fourth-order valence-corrected chi connectivity index (χ4v) is 14.1. The van der Waals surface area contributed by atoms with Gasteiger partial charge in [-0.25, -0.2) is 8.37 Å². The van der Waals surface area contributed by atoms with Crippen molar-refractivity contribution in [1.29, 1.82) is 0 Å². The van der Waals surface area contributed by atoms with Crippen molar-refractivity contribution in [3.63, 3.8) is 0 Å². The molecule has 2 N–H and O–H groups in total. The predicted molar refractivity (Wildman–Crippen MR) is 171 cm³/mol. The van der Waals surface area contributed by atoms with E-state index in [2.05, 4.69) is 48.5 Å². The van der Waals surface area contributed by atoms with Gasteiger partial charge in [0, 0.05) is 12.3 Å². The largest absolute Gasteiger partial charge is 0.397 e. The summed E-state index contributed by atoms with van der Waals surface area (Å²) in [4.78, 5) is 0. The maximum atomic E-state index is 11.9. The average molecular weight is 705 g/mol. The molecule has 270 valence electrons. The van der Waals surface area contributed by atoms with Crippen LogP contribution in [0.15, 0.2) is 0 Å². The zero-order valence-electron chi connectivity index (χ0n) is 29.0. The van der Waals surface area contributed by atoms with Gasteiger partial charge in [-0.15, -0.1) is 0 Å². The first kappa shape index (κ1) is 35.0. The quantitative estimate of drug-likeness (QED) is 0.258. The van der Waals surface area contributed by atoms with Crippen molar-refractivity contribution in [2.75, 3.05) is 0 Å². The summed E-state index contributed by atoms with van der Waals surface area (Å²) in [5.74, 6) is 1.44. The van der Waals surface area contributed by atoms with Crippen LogP contribution in [0, 0.1) is 57.7 Å². The number of rotatable bonds is 9. The Morgan fingerprint density at radius 2 is 1.53 bits per heavy atom. The smallest absolute Gasteiger partial charge is 0.324 e. The standard InChI is InChI=1S/C34H56O11S2/c1-8-12-34-41-26-15-24-22-10-9-21-14-25(43-46(35,36)37)27(44-47(38,39)40)17-31(21,6)23(22)11-13-30(24,5)29(26)32(7,45-34)28(42-34)18-33(19(2)3)16-20(33)4/h19-29H,8-18H2,1-7H3,(H,35,36,37)(H,38,39,40)/t20-,21-,22+,23-,24-,25-,26-,27-,28+,29-,30-,31-,32-,33+,34-/m0/s1. The lowest BCUT2D eigenvalue weighted by Gasteiger charge is -2.62. The number of hydrogen-bond donors (Lipinski definition) is 2. The summed E-state index contributed by atoms with van der Waals surface area (Å²) < 4.78 is 97.2. The van der Waals surface area contributed by atoms with Crippen LogP contribution < -0.4 is 0 Å². The second kappa shape index (κ2) is 11.1. The molecular formula is C34H56O11S2. The molecule has 0 radical (unpaired) electrons. The molecule has 0 spiro atoms. The number of ether oxygens (including phenoxy) is 3. The summed E-state index contributed by atoms with van der Waals surface area (Å²) in [7, 11) is -9.75. The minimum absolute atomic E-state index is 0.0192. The summed E-state index contributed by atoms with van der Waals surface area (Å²) >= 11 is 0. The summed E-state index contributed by atoms with van der Waals surface area (Å²) in [6.07, 6.45) is 6.38. The van der Waals surface area contributed by atoms with E-state index in [4.69, 9.17) is 22.6 Å². The second-order valence-corrected chi connectivity index (χ2v) is 19.8. The monoisotopic (exact) mass is 704 g/mol. The van der Waals surface area contributed by atoms with E-state index in [0.29, 0.717) is 30.1 Å². The van der Waals surface area contributed by atoms with Gasteiger partial charge in [-0.05, 0) is 123 Å². The lowest BCUT2D eigenvalue weighted by Crippen LogP contribution is -2.61. The molecule has 0 unspecified atom stereocenters. The van der Waals surface area contributed by atoms with Gasteiger partial charge in [0.05, 0.1) is 12.2 Å². The Hall–Kier alpha value is -0.380. The van der Waals surface area contributed by atoms with Crippen molar-refractivity contribution in [3.8, 4) is 0 Å². The van der Waals surface area contributed by atoms with Crippen molar-refractivity contribution < 1.29 is 48.5 Å². The Morgan fingerprint density at radius 3 is 2.13 bits per heavy atom. The molecule has 7 fully saturated rings. The van der Waals surface area contributed by atoms with E-state index < -0.39 is 44.6 Å². The van der Waals surface area contributed by atoms with E-state index in [1.807, 2.05) is 0 Å². The highest BCUT2D eigenvalue weighted by molar-refractivity contribution is 7.81. The van der Waals surface area contributed by atoms with E-state index in [1.165, 1.54) is 6.42 Å². The first-order chi connectivity index (χ1) is 21.7. The molecule has 0 aromatic rings. The van der Waals surface area contributed by atoms with E-state index in [0.717, 1.165) is 44.9 Å². The average Bonchev–Trinajstić information content (AvgIpc) is 3.39. The molecule has 7 aliphatic rings. The van der Waals surface area contributed by atoms with Gasteiger partial charge in [0.1, 0.15) is 17.8 Å². The third-order valence-electron chi connectivity index (χ3n) is 15.2. The molecular weight excluding hydrogens is 648 g/mol. The molecule has 47 heavy (non-hydrogen) atoms. The van der Waals surface area contributed by atoms with Gasteiger partial charge in [0.2, 0.25) is 0 Å². The first-order valence-electron chi connectivity index (χ1n) is 18.1. The molecule has 11 nitrogen and oxygen atoms in total. The maximum Gasteiger partial charge on any atom is 0.397 e. The second-order valence-electron chi connectivity index (χ2n) is 17.7. The Kier molecular flexibility index (Phi) is 8.25. The molecule has 7 rings (SSSR count). The van der Waals surface area contributed by atoms with E-state index >= 15 is 0 Å². The lowest BCUT2D eigenvalue weighted by atomic mass is 9.44. The fraction of sp³-hybridized carbons (Fsp3) is 1.00. The molecule has 2 saturated heterocycles. The summed E-state index contributed by atoms with van der Waals surface area (Å²) in [5.41, 5.74) is -0.615. The van der Waals surface area contributed by atoms with Gasteiger partial charge in [0.25, 0.3) is 5.97 Å². The van der Waals surface area contributed by atoms with Crippen LogP contribution in [0.5, 0.6) is 0 Å². The van der Waals surface area contributed by atoms with Crippen LogP contribution >= 0.6 is 0 Å². The summed E-state index contributed by atoms with van der Waals surface area (Å²) in [6.45, 7) is 16.1. The highest BCUT2D eigenvalue weighted by Gasteiger charge is 2.75. The summed E-state index contributed by atoms with van der Waals surface area (Å²) in [5, 5.41) is 0. The Bertz CT molecular complexity index is 1470. The van der Waals surface area contributed by atoms with Crippen molar-refractivity contribution in [1.82, 2.24) is 0 Å². The van der Waals surface area contributed by atoms with Crippen LogP contribution in [0.2, 0.25) is 0 Å². The minimum Gasteiger partial charge on any atom is -0.324 e. The highest BCUT2D eigenvalue weighted by atomic mass is 32.3. The lowest BCUT2D eigenvalue weighted by molar-refractivity contribution is -0.403. The topological polar surface area (TPSA) is 155 Å². The van der Waals surface area contributed by atoms with Gasteiger partial charge >= 0.3 is 20.8 Å². The van der Waals surface area contributed by atoms with Crippen LogP contribution in [0.1, 0.15) is 119 Å². The molecule has 15 atom stereocenters. The molecule has 5 saturated carbocycles. The molecule has 5 aliphatic carbocycles. The fourth-order valence-electron chi connectivity index (χ4n) is 13.1. The number of hydrogen-bond acceptors (Lipinski definition) is 9. The van der Waals surface area contributed by atoms with Crippen molar-refractivity contribution in [2.45, 2.75) is 155 Å². The normalized spacial score (nSPS) is 53.7. The Balaban J connectivity index is 1.19. The zero-order chi connectivity index (χ0) is 34.2. The minimum atomic E-state index is -4.89. The molecule has 2 aliphatic heterocycles. The van der Waals surface area contributed by atoms with Gasteiger partial charge in [0.15, 0.2) is 0 Å². The Labute approximate surface area is 281 Å². The predicted octanol–water partition coefficient (Wildman–Crippen LogP) is 6.34. The molecule has 0 aromatic heterocycles. The molecule has 0 amide bonds. The van der Waals surface area contributed by atoms with Gasteiger partial charge in [-0.1, -0.05) is 41.5 Å². The van der Waals surface area contributed by atoms with Crippen molar-refractivity contribution >= 4 is 20.8 Å². The molecule has 0 aromatic carbocycles. The van der Waals surface area contributed by atoms with E-state index in [1.54, 1.807) is 0 Å². The zero-order valence-corrected chi connectivity index (χ0v) is 30.6. The summed E-state index contributed by atoms with van der Waals surface area (Å²) in [6, 6.07) is 0. The van der Waals surface area contributed by atoms with Crippen LogP contribution in [0.3, 0.4) is 0 Å². The third-order valence-corrected chi connectivity index (χ3v) is 16.2.